The van der Waals surface area contributed by atoms with E-state index in [0.29, 0.717) is 11.3 Å². The first-order valence-corrected chi connectivity index (χ1v) is 4.94. The molecule has 0 aliphatic carbocycles. The lowest BCUT2D eigenvalue weighted by molar-refractivity contribution is -0.121. The van der Waals surface area contributed by atoms with Gasteiger partial charge in [0.25, 0.3) is 0 Å². The molecule has 0 saturated heterocycles. The van der Waals surface area contributed by atoms with Gasteiger partial charge in [-0.05, 0) is 17.5 Å². The van der Waals surface area contributed by atoms with Crippen molar-refractivity contribution in [2.45, 2.75) is 19.3 Å². The summed E-state index contributed by atoms with van der Waals surface area (Å²) in [7, 11) is 1.53. The number of nitrogens with one attached hydrogen (secondary N) is 1. The van der Waals surface area contributed by atoms with Crippen LogP contribution >= 0.6 is 0 Å². The summed E-state index contributed by atoms with van der Waals surface area (Å²) in [6.45, 7) is 1.84. The minimum atomic E-state index is -0.261. The fraction of sp³-hybridized carbons (Fsp3) is 0.364. The van der Waals surface area contributed by atoms with Crippen LogP contribution in [0.25, 0.3) is 0 Å². The molecule has 0 bridgehead atoms. The highest BCUT2D eigenvalue weighted by Crippen LogP contribution is 2.30. The summed E-state index contributed by atoms with van der Waals surface area (Å²) in [6, 6.07) is 5.00. The van der Waals surface area contributed by atoms with Gasteiger partial charge < -0.3 is 9.84 Å². The van der Waals surface area contributed by atoms with Gasteiger partial charge in [0.2, 0.25) is 5.91 Å². The molecule has 0 unspecified atom stereocenters. The zero-order valence-electron chi connectivity index (χ0n) is 9.36. The molecule has 5 nitrogen and oxygen atoms in total. The van der Waals surface area contributed by atoms with Crippen molar-refractivity contribution < 1.29 is 14.6 Å². The zero-order chi connectivity index (χ0) is 12.1. The summed E-state index contributed by atoms with van der Waals surface area (Å²) in [4.78, 5) is 11.1. The number of amides is 1. The van der Waals surface area contributed by atoms with E-state index >= 15 is 0 Å². The predicted molar refractivity (Wildman–Crippen MR) is 60.0 cm³/mol. The lowest BCUT2D eigenvalue weighted by atomic mass is 9.96. The van der Waals surface area contributed by atoms with Crippen molar-refractivity contribution in [1.29, 1.82) is 0 Å². The van der Waals surface area contributed by atoms with Gasteiger partial charge in [-0.2, -0.15) is 0 Å². The summed E-state index contributed by atoms with van der Waals surface area (Å²) in [5, 5.41) is 9.74. The number of ether oxygens (including phenoxy) is 1. The highest BCUT2D eigenvalue weighted by molar-refractivity contribution is 5.76. The Balaban J connectivity index is 2.83. The van der Waals surface area contributed by atoms with E-state index in [9.17, 15) is 9.90 Å². The second-order valence-corrected chi connectivity index (χ2v) is 3.60. The van der Waals surface area contributed by atoms with Crippen LogP contribution in [-0.4, -0.2) is 18.1 Å². The van der Waals surface area contributed by atoms with Crippen molar-refractivity contribution in [3.05, 3.63) is 23.8 Å². The van der Waals surface area contributed by atoms with Gasteiger partial charge in [-0.25, -0.2) is 5.84 Å². The van der Waals surface area contributed by atoms with Crippen LogP contribution in [0.4, 0.5) is 0 Å². The number of nitrogens with two attached hydrogens (primary N) is 1. The number of phenolic OH excluding ortho intramolecular Hbond substituents is 1. The average molecular weight is 224 g/mol. The first kappa shape index (κ1) is 12.3. The molecule has 0 aliphatic heterocycles. The Hall–Kier alpha value is -1.75. The third kappa shape index (κ3) is 2.87. The number of rotatable bonds is 4. The molecule has 0 fully saturated rings. The lowest BCUT2D eigenvalue weighted by Crippen LogP contribution is -2.30. The molecule has 16 heavy (non-hydrogen) atoms. The van der Waals surface area contributed by atoms with Crippen LogP contribution in [0.1, 0.15) is 24.8 Å². The number of carbonyl (C=O) groups is 1. The molecule has 4 N–H and O–H groups in total. The van der Waals surface area contributed by atoms with Gasteiger partial charge in [-0.3, -0.25) is 10.2 Å². The molecule has 1 amide bonds. The summed E-state index contributed by atoms with van der Waals surface area (Å²) in [6.07, 6.45) is 0.233. The highest BCUT2D eigenvalue weighted by atomic mass is 16.5. The quantitative estimate of drug-likeness (QED) is 0.403. The minimum Gasteiger partial charge on any atom is -0.508 e. The molecule has 0 saturated carbocycles. The fourth-order valence-electron chi connectivity index (χ4n) is 1.51. The molecule has 5 heteroatoms. The normalized spacial score (nSPS) is 11.9. The lowest BCUT2D eigenvalue weighted by Gasteiger charge is -2.13. The van der Waals surface area contributed by atoms with E-state index in [2.05, 4.69) is 5.43 Å². The topological polar surface area (TPSA) is 84.6 Å². The van der Waals surface area contributed by atoms with Crippen LogP contribution in [0, 0.1) is 0 Å². The second kappa shape index (κ2) is 5.37. The van der Waals surface area contributed by atoms with Gasteiger partial charge in [0.05, 0.1) is 7.11 Å². The van der Waals surface area contributed by atoms with Crippen molar-refractivity contribution >= 4 is 5.91 Å². The molecule has 0 heterocycles. The summed E-state index contributed by atoms with van der Waals surface area (Å²) >= 11 is 0. The molecular formula is C11H16N2O3. The molecule has 1 aromatic carbocycles. The van der Waals surface area contributed by atoms with E-state index in [1.165, 1.54) is 13.2 Å². The molecule has 88 valence electrons. The van der Waals surface area contributed by atoms with Gasteiger partial charge in [-0.15, -0.1) is 0 Å². The SMILES string of the molecule is COc1ccc([C@H](C)CC(=O)NN)c(O)c1. The van der Waals surface area contributed by atoms with E-state index in [4.69, 9.17) is 10.6 Å². The Morgan fingerprint density at radius 1 is 1.62 bits per heavy atom. The van der Waals surface area contributed by atoms with Gasteiger partial charge >= 0.3 is 0 Å². The van der Waals surface area contributed by atoms with Gasteiger partial charge in [0.1, 0.15) is 11.5 Å². The van der Waals surface area contributed by atoms with E-state index in [1.807, 2.05) is 6.92 Å². The minimum absolute atomic E-state index is 0.102. The van der Waals surface area contributed by atoms with Crippen molar-refractivity contribution in [1.82, 2.24) is 5.43 Å². The Labute approximate surface area is 94.2 Å². The number of aromatic hydroxyl groups is 1. The predicted octanol–water partition coefficient (Wildman–Crippen LogP) is 0.884. The summed E-state index contributed by atoms with van der Waals surface area (Å²) in [5.41, 5.74) is 2.76. The maximum Gasteiger partial charge on any atom is 0.234 e. The first-order valence-electron chi connectivity index (χ1n) is 4.94. The number of hydrogen-bond donors (Lipinski definition) is 3. The van der Waals surface area contributed by atoms with E-state index in [1.54, 1.807) is 12.1 Å². The Morgan fingerprint density at radius 3 is 2.81 bits per heavy atom. The zero-order valence-corrected chi connectivity index (χ0v) is 9.36. The van der Waals surface area contributed by atoms with Crippen molar-refractivity contribution in [2.75, 3.05) is 7.11 Å². The number of methoxy groups -OCH3 is 1. The Bertz CT molecular complexity index is 379. The van der Waals surface area contributed by atoms with E-state index < -0.39 is 0 Å². The average Bonchev–Trinajstić information content (AvgIpc) is 2.28. The number of hydrogen-bond acceptors (Lipinski definition) is 4. The third-order valence-corrected chi connectivity index (χ3v) is 2.42. The maximum atomic E-state index is 11.1. The monoisotopic (exact) mass is 224 g/mol. The first-order chi connectivity index (χ1) is 7.58. The highest BCUT2D eigenvalue weighted by Gasteiger charge is 2.14. The van der Waals surface area contributed by atoms with Crippen LogP contribution in [0.15, 0.2) is 18.2 Å². The fourth-order valence-corrected chi connectivity index (χ4v) is 1.51. The van der Waals surface area contributed by atoms with Crippen LogP contribution in [-0.2, 0) is 4.79 Å². The summed E-state index contributed by atoms with van der Waals surface area (Å²) < 4.78 is 4.97. The Morgan fingerprint density at radius 2 is 2.31 bits per heavy atom. The standard InChI is InChI=1S/C11H16N2O3/c1-7(5-11(15)13-12)9-4-3-8(16-2)6-10(9)14/h3-4,6-7,14H,5,12H2,1-2H3,(H,13,15)/t7-/m1/s1. The smallest absolute Gasteiger partial charge is 0.234 e. The van der Waals surface area contributed by atoms with E-state index in [-0.39, 0.29) is 24.0 Å². The van der Waals surface area contributed by atoms with E-state index in [0.717, 1.165) is 0 Å². The van der Waals surface area contributed by atoms with Gasteiger partial charge in [-0.1, -0.05) is 13.0 Å². The maximum absolute atomic E-state index is 11.1. The Kier molecular flexibility index (Phi) is 4.13. The van der Waals surface area contributed by atoms with Crippen LogP contribution in [0.3, 0.4) is 0 Å². The molecule has 0 radical (unpaired) electrons. The molecule has 1 atom stereocenters. The van der Waals surface area contributed by atoms with Crippen molar-refractivity contribution in [3.63, 3.8) is 0 Å². The number of carbonyl (C=O) groups excluding carboxylic acids is 1. The summed E-state index contributed by atoms with van der Waals surface area (Å²) in [5.74, 6) is 5.34. The molecular weight excluding hydrogens is 208 g/mol. The third-order valence-electron chi connectivity index (χ3n) is 2.42. The largest absolute Gasteiger partial charge is 0.508 e. The van der Waals surface area contributed by atoms with Crippen LogP contribution in [0.5, 0.6) is 11.5 Å². The molecule has 0 aliphatic rings. The molecule has 1 rings (SSSR count). The van der Waals surface area contributed by atoms with Crippen LogP contribution in [0.2, 0.25) is 0 Å². The second-order valence-electron chi connectivity index (χ2n) is 3.60. The number of hydrazine groups is 1. The molecule has 0 aromatic heterocycles. The van der Waals surface area contributed by atoms with Crippen molar-refractivity contribution in [3.8, 4) is 11.5 Å². The number of phenols is 1. The van der Waals surface area contributed by atoms with Gasteiger partial charge in [0, 0.05) is 12.5 Å². The van der Waals surface area contributed by atoms with Gasteiger partial charge in [0.15, 0.2) is 0 Å². The molecule has 0 spiro atoms. The van der Waals surface area contributed by atoms with Crippen LogP contribution < -0.4 is 16.0 Å². The number of benzene rings is 1. The molecule has 1 aromatic rings. The van der Waals surface area contributed by atoms with Crippen molar-refractivity contribution in [2.24, 2.45) is 5.84 Å².